The molecule has 1 aromatic rings. The zero-order valence-corrected chi connectivity index (χ0v) is 18.7. The zero-order chi connectivity index (χ0) is 18.0. The Balaban J connectivity index is 0.00000243. The third kappa shape index (κ3) is 3.96. The van der Waals surface area contributed by atoms with Gasteiger partial charge in [-0.15, -0.1) is 24.0 Å². The van der Waals surface area contributed by atoms with Gasteiger partial charge >= 0.3 is 0 Å². The van der Waals surface area contributed by atoms with Crippen molar-refractivity contribution in [3.05, 3.63) is 29.8 Å². The van der Waals surface area contributed by atoms with Gasteiger partial charge in [0.25, 0.3) is 0 Å². The number of methoxy groups -OCH3 is 1. The Morgan fingerprint density at radius 1 is 1.35 bits per heavy atom. The smallest absolute Gasteiger partial charge is 0.191 e. The predicted molar refractivity (Wildman–Crippen MR) is 116 cm³/mol. The topological polar surface area (TPSA) is 54.9 Å². The predicted octanol–water partition coefficient (Wildman–Crippen LogP) is 3.74. The van der Waals surface area contributed by atoms with Crippen LogP contribution in [0.4, 0.5) is 0 Å². The Labute approximate surface area is 174 Å². The van der Waals surface area contributed by atoms with Gasteiger partial charge in [0.2, 0.25) is 0 Å². The van der Waals surface area contributed by atoms with Crippen molar-refractivity contribution in [3.8, 4) is 5.75 Å². The largest absolute Gasteiger partial charge is 0.496 e. The number of rotatable bonds is 4. The van der Waals surface area contributed by atoms with E-state index in [9.17, 15) is 0 Å². The van der Waals surface area contributed by atoms with E-state index < -0.39 is 0 Å². The molecule has 3 rings (SSSR count). The van der Waals surface area contributed by atoms with Crippen molar-refractivity contribution in [2.24, 2.45) is 16.3 Å². The molecule has 6 heteroatoms. The van der Waals surface area contributed by atoms with Crippen LogP contribution in [-0.2, 0) is 4.74 Å². The fraction of sp³-hybridized carbons (Fsp3) is 0.650. The summed E-state index contributed by atoms with van der Waals surface area (Å²) in [6.45, 7) is 7.60. The summed E-state index contributed by atoms with van der Waals surface area (Å²) in [6, 6.07) is 8.58. The van der Waals surface area contributed by atoms with Crippen LogP contribution in [0.25, 0.3) is 0 Å². The molecule has 5 nitrogen and oxygen atoms in total. The van der Waals surface area contributed by atoms with Gasteiger partial charge in [0.05, 0.1) is 19.3 Å². The summed E-state index contributed by atoms with van der Waals surface area (Å²) in [4.78, 5) is 4.45. The van der Waals surface area contributed by atoms with Crippen molar-refractivity contribution in [1.82, 2.24) is 10.6 Å². The van der Waals surface area contributed by atoms with Gasteiger partial charge in [0, 0.05) is 36.6 Å². The van der Waals surface area contributed by atoms with Crippen molar-refractivity contribution in [1.29, 1.82) is 0 Å². The molecule has 4 unspecified atom stereocenters. The highest BCUT2D eigenvalue weighted by atomic mass is 127. The number of ether oxygens (including phenoxy) is 2. The number of aliphatic imine (C=N–C) groups is 1. The highest BCUT2D eigenvalue weighted by Crippen LogP contribution is 2.51. The molecule has 0 bridgehead atoms. The standard InChI is InChI=1S/C20H31N3O2.HI/c1-13(14-9-6-7-11-16(14)24-5)22-19(21-4)23-17-15-10-8-12-25-18(15)20(17,2)3;/h6-7,9,11,13,15,17-18H,8,10,12H2,1-5H3,(H2,21,22,23);1H. The molecule has 2 fully saturated rings. The molecule has 1 saturated carbocycles. The normalized spacial score (nSPS) is 28.0. The maximum Gasteiger partial charge on any atom is 0.191 e. The van der Waals surface area contributed by atoms with E-state index in [0.29, 0.717) is 18.1 Å². The maximum atomic E-state index is 6.00. The number of nitrogens with zero attached hydrogens (tertiary/aromatic N) is 1. The number of nitrogens with one attached hydrogen (secondary N) is 2. The van der Waals surface area contributed by atoms with Crippen molar-refractivity contribution >= 4 is 29.9 Å². The van der Waals surface area contributed by atoms with Crippen LogP contribution in [0.3, 0.4) is 0 Å². The van der Waals surface area contributed by atoms with E-state index in [1.165, 1.54) is 6.42 Å². The van der Waals surface area contributed by atoms with Crippen LogP contribution in [0.1, 0.15) is 45.2 Å². The van der Waals surface area contributed by atoms with Crippen LogP contribution in [0.15, 0.2) is 29.3 Å². The summed E-state index contributed by atoms with van der Waals surface area (Å²) in [5.74, 6) is 2.30. The van der Waals surface area contributed by atoms with Crippen LogP contribution in [0.5, 0.6) is 5.75 Å². The lowest BCUT2D eigenvalue weighted by Crippen LogP contribution is -2.71. The van der Waals surface area contributed by atoms with Gasteiger partial charge in [0.1, 0.15) is 5.75 Å². The number of benzene rings is 1. The van der Waals surface area contributed by atoms with E-state index in [0.717, 1.165) is 30.3 Å². The van der Waals surface area contributed by atoms with Crippen LogP contribution in [0.2, 0.25) is 0 Å². The third-order valence-corrected chi connectivity index (χ3v) is 5.81. The minimum Gasteiger partial charge on any atom is -0.496 e. The quantitative estimate of drug-likeness (QED) is 0.398. The van der Waals surface area contributed by atoms with Crippen LogP contribution in [0, 0.1) is 11.3 Å². The van der Waals surface area contributed by atoms with Gasteiger partial charge < -0.3 is 20.1 Å². The lowest BCUT2D eigenvalue weighted by Gasteiger charge is -2.60. The number of fused-ring (bicyclic) bond motifs is 1. The van der Waals surface area contributed by atoms with Gasteiger partial charge in [-0.25, -0.2) is 0 Å². The number of halogens is 1. The molecule has 4 atom stereocenters. The number of hydrogen-bond acceptors (Lipinski definition) is 3. The molecular weight excluding hydrogens is 441 g/mol. The molecule has 1 heterocycles. The third-order valence-electron chi connectivity index (χ3n) is 5.81. The molecule has 0 radical (unpaired) electrons. The average Bonchev–Trinajstić information content (AvgIpc) is 2.64. The summed E-state index contributed by atoms with van der Waals surface area (Å²) in [5.41, 5.74) is 1.25. The first-order valence-corrected chi connectivity index (χ1v) is 9.23. The molecule has 146 valence electrons. The number of guanidine groups is 1. The molecule has 2 aliphatic rings. The van der Waals surface area contributed by atoms with Gasteiger partial charge in [-0.05, 0) is 25.8 Å². The first kappa shape index (κ1) is 21.3. The molecule has 1 aliphatic heterocycles. The van der Waals surface area contributed by atoms with Crippen molar-refractivity contribution in [3.63, 3.8) is 0 Å². The molecule has 2 N–H and O–H groups in total. The van der Waals surface area contributed by atoms with Crippen LogP contribution in [-0.4, -0.2) is 38.9 Å². The average molecular weight is 473 g/mol. The van der Waals surface area contributed by atoms with Gasteiger partial charge in [0.15, 0.2) is 5.96 Å². The summed E-state index contributed by atoms with van der Waals surface area (Å²) < 4.78 is 11.5. The van der Waals surface area contributed by atoms with Crippen LogP contribution >= 0.6 is 24.0 Å². The van der Waals surface area contributed by atoms with E-state index >= 15 is 0 Å². The Morgan fingerprint density at radius 3 is 2.77 bits per heavy atom. The van der Waals surface area contributed by atoms with Crippen LogP contribution < -0.4 is 15.4 Å². The Hall–Kier alpha value is -1.02. The summed E-state index contributed by atoms with van der Waals surface area (Å²) in [5, 5.41) is 7.16. The van der Waals surface area contributed by atoms with E-state index in [1.807, 2.05) is 25.2 Å². The van der Waals surface area contributed by atoms with E-state index in [-0.39, 0.29) is 35.4 Å². The van der Waals surface area contributed by atoms with E-state index in [2.05, 4.69) is 42.5 Å². The van der Waals surface area contributed by atoms with E-state index in [1.54, 1.807) is 7.11 Å². The summed E-state index contributed by atoms with van der Waals surface area (Å²) in [6.07, 6.45) is 2.74. The Bertz CT molecular complexity index is 635. The number of para-hydroxylation sites is 1. The Morgan fingerprint density at radius 2 is 2.08 bits per heavy atom. The van der Waals surface area contributed by atoms with Crippen molar-refractivity contribution in [2.45, 2.75) is 51.8 Å². The summed E-state index contributed by atoms with van der Waals surface area (Å²) in [7, 11) is 3.53. The van der Waals surface area contributed by atoms with E-state index in [4.69, 9.17) is 9.47 Å². The second kappa shape index (κ2) is 8.78. The fourth-order valence-corrected chi connectivity index (χ4v) is 4.44. The second-order valence-corrected chi connectivity index (χ2v) is 7.72. The number of hydrogen-bond donors (Lipinski definition) is 2. The fourth-order valence-electron chi connectivity index (χ4n) is 4.44. The first-order valence-electron chi connectivity index (χ1n) is 9.23. The van der Waals surface area contributed by atoms with Gasteiger partial charge in [-0.2, -0.15) is 0 Å². The molecule has 26 heavy (non-hydrogen) atoms. The minimum atomic E-state index is 0. The zero-order valence-electron chi connectivity index (χ0n) is 16.4. The lowest BCUT2D eigenvalue weighted by atomic mass is 9.55. The highest BCUT2D eigenvalue weighted by Gasteiger charge is 2.58. The maximum absolute atomic E-state index is 6.00. The lowest BCUT2D eigenvalue weighted by molar-refractivity contribution is -0.188. The SMILES string of the molecule is CN=C(NC(C)c1ccccc1OC)NC1C2CCCOC2C1(C)C.I. The second-order valence-electron chi connectivity index (χ2n) is 7.72. The van der Waals surface area contributed by atoms with Gasteiger partial charge in [-0.1, -0.05) is 32.0 Å². The molecule has 0 aromatic heterocycles. The van der Waals surface area contributed by atoms with Crippen molar-refractivity contribution < 1.29 is 9.47 Å². The summed E-state index contributed by atoms with van der Waals surface area (Å²) >= 11 is 0. The van der Waals surface area contributed by atoms with Crippen molar-refractivity contribution in [2.75, 3.05) is 20.8 Å². The molecule has 1 aliphatic carbocycles. The molecule has 1 saturated heterocycles. The monoisotopic (exact) mass is 473 g/mol. The van der Waals surface area contributed by atoms with Gasteiger partial charge in [-0.3, -0.25) is 4.99 Å². The minimum absolute atomic E-state index is 0. The first-order chi connectivity index (χ1) is 12.0. The molecule has 0 spiro atoms. The molecule has 1 aromatic carbocycles. The highest BCUT2D eigenvalue weighted by molar-refractivity contribution is 14.0. The molecular formula is C20H32IN3O2. The Kier molecular flexibility index (Phi) is 7.19. The molecule has 0 amide bonds.